The Labute approximate surface area is 97.0 Å². The van der Waals surface area contributed by atoms with Gasteiger partial charge in [-0.05, 0) is 0 Å². The van der Waals surface area contributed by atoms with Gasteiger partial charge in [0.05, 0.1) is 0 Å². The molecule has 2 nitrogen and oxygen atoms in total. The quantitative estimate of drug-likeness (QED) is 0.740. The van der Waals surface area contributed by atoms with Gasteiger partial charge in [-0.1, -0.05) is 0 Å². The summed E-state index contributed by atoms with van der Waals surface area (Å²) in [6.45, 7) is 1.08. The van der Waals surface area contributed by atoms with Crippen LogP contribution in [0, 0.1) is 0 Å². The van der Waals surface area contributed by atoms with Crippen molar-refractivity contribution in [2.24, 2.45) is 0 Å². The van der Waals surface area contributed by atoms with Crippen LogP contribution in [0.1, 0.15) is 6.92 Å². The molecule has 0 radical (unpaired) electrons. The van der Waals surface area contributed by atoms with E-state index in [-0.39, 0.29) is 74.4 Å². The first-order valence-electron chi connectivity index (χ1n) is 0.928. The lowest BCUT2D eigenvalue weighted by Gasteiger charge is -1.59. The monoisotopic (exact) mass is 276 g/mol. The third-order valence-electron chi connectivity index (χ3n) is 0. The van der Waals surface area contributed by atoms with E-state index in [4.69, 9.17) is 9.90 Å². The van der Waals surface area contributed by atoms with Gasteiger partial charge >= 0.3 is 0 Å². The smallest absolute Gasteiger partial charge is 0.300 e. The van der Waals surface area contributed by atoms with Gasteiger partial charge in [-0.3, -0.25) is 4.79 Å². The minimum absolute atomic E-state index is 0. The van der Waals surface area contributed by atoms with Gasteiger partial charge in [-0.25, -0.2) is 0 Å². The number of halogens is 6. The summed E-state index contributed by atoms with van der Waals surface area (Å²) >= 11 is 0. The number of carboxylic acids is 1. The number of hydrogen-bond donors (Lipinski definition) is 1. The van der Waals surface area contributed by atoms with E-state index in [1.54, 1.807) is 0 Å². The molecule has 8 heteroatoms. The van der Waals surface area contributed by atoms with Crippen LogP contribution in [0.4, 0.5) is 0 Å². The maximum Gasteiger partial charge on any atom is 0.300 e. The highest BCUT2D eigenvalue weighted by Crippen LogP contribution is 1.42. The minimum atomic E-state index is -0.833. The zero-order valence-electron chi connectivity index (χ0n) is 4.80. The lowest BCUT2D eigenvalue weighted by Crippen LogP contribution is -1.78. The fourth-order valence-electron chi connectivity index (χ4n) is 0. The number of carboxylic acid groups (broad SMARTS) is 1. The van der Waals surface area contributed by atoms with Crippen LogP contribution in [0.25, 0.3) is 0 Å². The molecular weight excluding hydrogens is 269 g/mol. The van der Waals surface area contributed by atoms with Gasteiger partial charge in [0, 0.05) is 6.92 Å². The van der Waals surface area contributed by atoms with Crippen LogP contribution in [0.3, 0.4) is 0 Å². The molecule has 0 heterocycles. The fourth-order valence-corrected chi connectivity index (χ4v) is 0. The maximum absolute atomic E-state index is 9.00. The van der Waals surface area contributed by atoms with Crippen LogP contribution in [-0.2, 0) is 4.79 Å². The van der Waals surface area contributed by atoms with E-state index in [9.17, 15) is 0 Å². The Balaban J connectivity index is -0.00000000300. The Hall–Kier alpha value is 1.21. The van der Waals surface area contributed by atoms with Crippen molar-refractivity contribution < 1.29 is 9.90 Å². The average molecular weight is 279 g/mol. The van der Waals surface area contributed by atoms with Gasteiger partial charge < -0.3 is 5.11 Å². The molecule has 0 aliphatic carbocycles. The molecule has 0 atom stereocenters. The standard InChI is InChI=1S/C2H4O2.6ClH/c1-2(3)4;;;;;;/h1H3,(H,3,4);6*1H. The molecule has 0 amide bonds. The Kier molecular flexibility index (Phi) is 322. The van der Waals surface area contributed by atoms with Gasteiger partial charge in [0.2, 0.25) is 0 Å². The minimum Gasteiger partial charge on any atom is -0.481 e. The summed E-state index contributed by atoms with van der Waals surface area (Å²) in [5, 5.41) is 7.42. The second-order valence-corrected chi connectivity index (χ2v) is 0.519. The van der Waals surface area contributed by atoms with E-state index >= 15 is 0 Å². The fraction of sp³-hybridized carbons (Fsp3) is 0.500. The Bertz CT molecular complexity index is 36.7. The summed E-state index contributed by atoms with van der Waals surface area (Å²) < 4.78 is 0. The highest BCUT2D eigenvalue weighted by atomic mass is 35.5. The van der Waals surface area contributed by atoms with E-state index < -0.39 is 5.97 Å². The molecule has 0 saturated carbocycles. The van der Waals surface area contributed by atoms with E-state index in [1.165, 1.54) is 0 Å². The van der Waals surface area contributed by atoms with Crippen molar-refractivity contribution in [1.82, 2.24) is 0 Å². The molecule has 0 saturated heterocycles. The molecule has 0 unspecified atom stereocenters. The highest BCUT2D eigenvalue weighted by molar-refractivity contribution is 5.86. The van der Waals surface area contributed by atoms with Crippen molar-refractivity contribution in [2.45, 2.75) is 6.92 Å². The van der Waals surface area contributed by atoms with Crippen molar-refractivity contribution >= 4 is 80.4 Å². The van der Waals surface area contributed by atoms with Gasteiger partial charge in [-0.2, -0.15) is 0 Å². The third-order valence-corrected chi connectivity index (χ3v) is 0. The van der Waals surface area contributed by atoms with E-state index in [0.717, 1.165) is 6.92 Å². The van der Waals surface area contributed by atoms with Crippen LogP contribution in [0.15, 0.2) is 0 Å². The molecule has 10 heavy (non-hydrogen) atoms. The zero-order valence-corrected chi connectivity index (χ0v) is 9.70. The summed E-state index contributed by atoms with van der Waals surface area (Å²) in [5.74, 6) is -0.833. The first-order chi connectivity index (χ1) is 1.73. The number of carbonyl (C=O) groups is 1. The maximum atomic E-state index is 9.00. The summed E-state index contributed by atoms with van der Waals surface area (Å²) in [7, 11) is 0. The van der Waals surface area contributed by atoms with E-state index in [2.05, 4.69) is 0 Å². The largest absolute Gasteiger partial charge is 0.481 e. The Morgan fingerprint density at radius 2 is 0.900 bits per heavy atom. The average Bonchev–Trinajstić information content (AvgIpc) is 0.811. The first-order valence-corrected chi connectivity index (χ1v) is 0.928. The van der Waals surface area contributed by atoms with Crippen molar-refractivity contribution in [3.63, 3.8) is 0 Å². The zero-order chi connectivity index (χ0) is 3.58. The summed E-state index contributed by atoms with van der Waals surface area (Å²) in [5.41, 5.74) is 0. The molecule has 0 aliphatic heterocycles. The van der Waals surface area contributed by atoms with Crippen molar-refractivity contribution in [3.05, 3.63) is 0 Å². The van der Waals surface area contributed by atoms with E-state index in [1.807, 2.05) is 0 Å². The van der Waals surface area contributed by atoms with Crippen molar-refractivity contribution in [3.8, 4) is 0 Å². The summed E-state index contributed by atoms with van der Waals surface area (Å²) in [6.07, 6.45) is 0. The van der Waals surface area contributed by atoms with Crippen LogP contribution in [-0.4, -0.2) is 11.1 Å². The molecule has 0 spiro atoms. The third kappa shape index (κ3) is 424. The summed E-state index contributed by atoms with van der Waals surface area (Å²) in [4.78, 5) is 9.00. The van der Waals surface area contributed by atoms with Gasteiger partial charge in [0.15, 0.2) is 0 Å². The second-order valence-electron chi connectivity index (χ2n) is 0.519. The van der Waals surface area contributed by atoms with Crippen molar-refractivity contribution in [2.75, 3.05) is 0 Å². The molecule has 0 aliphatic rings. The number of rotatable bonds is 0. The second kappa shape index (κ2) is 48.9. The molecule has 0 aromatic rings. The molecule has 1 N–H and O–H groups in total. The van der Waals surface area contributed by atoms with Gasteiger partial charge in [0.1, 0.15) is 0 Å². The van der Waals surface area contributed by atoms with Crippen molar-refractivity contribution in [1.29, 1.82) is 0 Å². The highest BCUT2D eigenvalue weighted by Gasteiger charge is 1.65. The molecular formula is C2H10Cl6O2. The van der Waals surface area contributed by atoms with Crippen LogP contribution < -0.4 is 0 Å². The molecule has 0 aromatic carbocycles. The lowest BCUT2D eigenvalue weighted by molar-refractivity contribution is -0.134. The summed E-state index contributed by atoms with van der Waals surface area (Å²) in [6, 6.07) is 0. The van der Waals surface area contributed by atoms with Crippen LogP contribution in [0.5, 0.6) is 0 Å². The Morgan fingerprint density at radius 3 is 0.900 bits per heavy atom. The topological polar surface area (TPSA) is 37.3 Å². The molecule has 72 valence electrons. The Morgan fingerprint density at radius 1 is 0.900 bits per heavy atom. The predicted molar refractivity (Wildman–Crippen MR) is 56.8 cm³/mol. The van der Waals surface area contributed by atoms with Crippen LogP contribution in [0.2, 0.25) is 0 Å². The normalized spacial score (nSPS) is 2.50. The first kappa shape index (κ1) is 65.9. The van der Waals surface area contributed by atoms with Gasteiger partial charge in [-0.15, -0.1) is 74.4 Å². The SMILES string of the molecule is CC(=O)O.Cl.Cl.Cl.Cl.Cl.Cl. The van der Waals surface area contributed by atoms with E-state index in [0.29, 0.717) is 0 Å². The number of aliphatic carboxylic acids is 1. The van der Waals surface area contributed by atoms with Gasteiger partial charge in [0.25, 0.3) is 5.97 Å². The molecule has 0 rings (SSSR count). The molecule has 0 aromatic heterocycles. The van der Waals surface area contributed by atoms with Crippen LogP contribution >= 0.6 is 74.4 Å². The lowest BCUT2D eigenvalue weighted by atomic mass is 10.9. The number of hydrogen-bond acceptors (Lipinski definition) is 1. The molecule has 0 fully saturated rings. The molecule has 0 bridgehead atoms. The predicted octanol–water partition coefficient (Wildman–Crippen LogP) is 2.62.